The van der Waals surface area contributed by atoms with Crippen molar-refractivity contribution in [2.24, 2.45) is 0 Å². The summed E-state index contributed by atoms with van der Waals surface area (Å²) >= 11 is 6.10. The number of piperidine rings is 2. The number of carbonyl (C=O) groups is 3. The van der Waals surface area contributed by atoms with Gasteiger partial charge in [0.05, 0.1) is 12.5 Å². The highest BCUT2D eigenvalue weighted by Crippen LogP contribution is 2.32. The van der Waals surface area contributed by atoms with E-state index in [1.54, 1.807) is 35.2 Å². The van der Waals surface area contributed by atoms with E-state index in [1.807, 2.05) is 29.2 Å². The van der Waals surface area contributed by atoms with Crippen LogP contribution in [0.25, 0.3) is 11.0 Å². The predicted octanol–water partition coefficient (Wildman–Crippen LogP) is 5.71. The molecule has 2 saturated heterocycles. The quantitative estimate of drug-likeness (QED) is 0.247. The molecule has 0 bridgehead atoms. The first-order valence-corrected chi connectivity index (χ1v) is 16.5. The summed E-state index contributed by atoms with van der Waals surface area (Å²) < 4.78 is 11.0. The summed E-state index contributed by atoms with van der Waals surface area (Å²) in [7, 11) is 1.50. The molecule has 10 heteroatoms. The summed E-state index contributed by atoms with van der Waals surface area (Å²) in [5.41, 5.74) is 3.08. The molecule has 3 heterocycles. The monoisotopic (exact) mass is 655 g/mol. The van der Waals surface area contributed by atoms with Crippen LogP contribution in [-0.2, 0) is 22.6 Å². The smallest absolute Gasteiger partial charge is 0.287 e. The molecular formula is C37H38ClN3O6. The fourth-order valence-electron chi connectivity index (χ4n) is 6.60. The van der Waals surface area contributed by atoms with Gasteiger partial charge in [0.2, 0.25) is 11.8 Å². The van der Waals surface area contributed by atoms with Gasteiger partial charge in [0, 0.05) is 50.1 Å². The zero-order valence-electron chi connectivity index (χ0n) is 26.4. The molecule has 6 rings (SSSR count). The van der Waals surface area contributed by atoms with Crippen LogP contribution in [0.4, 0.5) is 0 Å². The Kier molecular flexibility index (Phi) is 9.92. The van der Waals surface area contributed by atoms with Crippen LogP contribution < -0.4 is 15.5 Å². The van der Waals surface area contributed by atoms with Crippen LogP contribution in [0.1, 0.15) is 65.3 Å². The van der Waals surface area contributed by atoms with E-state index in [2.05, 4.69) is 17.4 Å². The Balaban J connectivity index is 1.18. The first-order valence-electron chi connectivity index (χ1n) is 16.1. The van der Waals surface area contributed by atoms with Crippen LogP contribution in [0.2, 0.25) is 5.02 Å². The first kappa shape index (κ1) is 32.3. The number of hydrogen-bond donors (Lipinski definition) is 1. The molecule has 2 aliphatic rings. The Bertz CT molecular complexity index is 1830. The van der Waals surface area contributed by atoms with Crippen molar-refractivity contribution in [3.63, 3.8) is 0 Å². The van der Waals surface area contributed by atoms with Crippen molar-refractivity contribution in [3.8, 4) is 5.75 Å². The summed E-state index contributed by atoms with van der Waals surface area (Å²) in [5.74, 6) is -0.0625. The average molecular weight is 656 g/mol. The molecule has 2 aliphatic heterocycles. The third-order valence-corrected chi connectivity index (χ3v) is 9.45. The van der Waals surface area contributed by atoms with E-state index in [0.717, 1.165) is 49.4 Å². The normalized spacial score (nSPS) is 16.3. The number of nitrogens with zero attached hydrogens (tertiary/aromatic N) is 2. The van der Waals surface area contributed by atoms with E-state index >= 15 is 0 Å². The van der Waals surface area contributed by atoms with Crippen molar-refractivity contribution in [2.45, 2.75) is 57.0 Å². The molecule has 1 aromatic heterocycles. The predicted molar refractivity (Wildman–Crippen MR) is 180 cm³/mol. The van der Waals surface area contributed by atoms with Gasteiger partial charge in [0.1, 0.15) is 17.4 Å². The third-order valence-electron chi connectivity index (χ3n) is 9.20. The number of halogens is 1. The fraction of sp³-hybridized carbons (Fsp3) is 0.351. The fourth-order valence-corrected chi connectivity index (χ4v) is 6.73. The molecule has 47 heavy (non-hydrogen) atoms. The highest BCUT2D eigenvalue weighted by molar-refractivity contribution is 6.30. The molecule has 1 N–H and O–H groups in total. The number of rotatable bonds is 9. The summed E-state index contributed by atoms with van der Waals surface area (Å²) in [4.78, 5) is 56.6. The van der Waals surface area contributed by atoms with Gasteiger partial charge in [0.15, 0.2) is 11.2 Å². The molecule has 4 aromatic rings. The molecule has 2 fully saturated rings. The van der Waals surface area contributed by atoms with E-state index in [1.165, 1.54) is 12.7 Å². The highest BCUT2D eigenvalue weighted by atomic mass is 35.5. The van der Waals surface area contributed by atoms with Crippen molar-refractivity contribution < 1.29 is 23.5 Å². The van der Waals surface area contributed by atoms with Gasteiger partial charge in [-0.25, -0.2) is 0 Å². The van der Waals surface area contributed by atoms with E-state index in [0.29, 0.717) is 42.2 Å². The number of methoxy groups -OCH3 is 1. The lowest BCUT2D eigenvalue weighted by atomic mass is 9.86. The number of fused-ring (bicyclic) bond motifs is 1. The van der Waals surface area contributed by atoms with E-state index in [-0.39, 0.29) is 40.9 Å². The molecule has 1 unspecified atom stereocenters. The lowest BCUT2D eigenvalue weighted by Gasteiger charge is -2.36. The molecule has 3 amide bonds. The Morgan fingerprint density at radius 3 is 2.49 bits per heavy atom. The molecule has 0 aliphatic carbocycles. The molecule has 1 atom stereocenters. The Morgan fingerprint density at radius 2 is 1.74 bits per heavy atom. The second kappa shape index (κ2) is 14.4. The summed E-state index contributed by atoms with van der Waals surface area (Å²) in [5, 5.41) is 3.72. The molecule has 0 radical (unpaired) electrons. The Labute approximate surface area is 278 Å². The number of carbonyl (C=O) groups excluding carboxylic acids is 3. The van der Waals surface area contributed by atoms with Gasteiger partial charge in [0.25, 0.3) is 5.91 Å². The van der Waals surface area contributed by atoms with E-state index in [4.69, 9.17) is 20.8 Å². The van der Waals surface area contributed by atoms with Crippen molar-refractivity contribution in [3.05, 3.63) is 110 Å². The van der Waals surface area contributed by atoms with Gasteiger partial charge in [-0.15, -0.1) is 0 Å². The number of hydrogen-bond acceptors (Lipinski definition) is 6. The van der Waals surface area contributed by atoms with Gasteiger partial charge in [-0.1, -0.05) is 48.0 Å². The maximum atomic E-state index is 14.0. The largest absolute Gasteiger partial charge is 0.497 e. The number of nitrogens with one attached hydrogen (secondary N) is 1. The van der Waals surface area contributed by atoms with Gasteiger partial charge in [-0.05, 0) is 78.6 Å². The Morgan fingerprint density at radius 1 is 0.979 bits per heavy atom. The molecule has 3 aromatic carbocycles. The first-order chi connectivity index (χ1) is 22.8. The lowest BCUT2D eigenvalue weighted by Crippen LogP contribution is -2.51. The summed E-state index contributed by atoms with van der Waals surface area (Å²) in [6.45, 7) is 2.46. The van der Waals surface area contributed by atoms with Gasteiger partial charge < -0.3 is 24.3 Å². The van der Waals surface area contributed by atoms with Crippen LogP contribution in [0.5, 0.6) is 5.75 Å². The van der Waals surface area contributed by atoms with Gasteiger partial charge >= 0.3 is 0 Å². The molecule has 244 valence electrons. The van der Waals surface area contributed by atoms with Crippen LogP contribution in [0.3, 0.4) is 0 Å². The van der Waals surface area contributed by atoms with Crippen LogP contribution >= 0.6 is 11.6 Å². The molecular weight excluding hydrogens is 618 g/mol. The second-order valence-electron chi connectivity index (χ2n) is 12.3. The number of benzene rings is 3. The SMILES string of the molecule is COc1ccc2oc(C(=O)NC(Cc3ccc(Cl)cc3)C(=O)N3CCC(c4ccccc4CN4CCCCC4=O)CC3)cc(=O)c2c1. The minimum atomic E-state index is -0.894. The van der Waals surface area contributed by atoms with Gasteiger partial charge in [-0.2, -0.15) is 0 Å². The maximum absolute atomic E-state index is 14.0. The van der Waals surface area contributed by atoms with E-state index in [9.17, 15) is 19.2 Å². The summed E-state index contributed by atoms with van der Waals surface area (Å²) in [6, 6.07) is 20.5. The number of amides is 3. The van der Waals surface area contributed by atoms with Crippen LogP contribution in [-0.4, -0.2) is 60.3 Å². The van der Waals surface area contributed by atoms with Crippen molar-refractivity contribution in [2.75, 3.05) is 26.7 Å². The highest BCUT2D eigenvalue weighted by Gasteiger charge is 2.32. The molecule has 0 saturated carbocycles. The maximum Gasteiger partial charge on any atom is 0.287 e. The average Bonchev–Trinajstić information content (AvgIpc) is 3.09. The molecule has 9 nitrogen and oxygen atoms in total. The van der Waals surface area contributed by atoms with Crippen molar-refractivity contribution in [1.29, 1.82) is 0 Å². The summed E-state index contributed by atoms with van der Waals surface area (Å²) in [6.07, 6.45) is 4.37. The zero-order chi connectivity index (χ0) is 32.9. The topological polar surface area (TPSA) is 109 Å². The number of ether oxygens (including phenoxy) is 1. The van der Waals surface area contributed by atoms with Crippen LogP contribution in [0, 0.1) is 0 Å². The zero-order valence-corrected chi connectivity index (χ0v) is 27.1. The Hall–Kier alpha value is -4.63. The van der Waals surface area contributed by atoms with Crippen LogP contribution in [0.15, 0.2) is 82.0 Å². The minimum Gasteiger partial charge on any atom is -0.497 e. The third kappa shape index (κ3) is 7.52. The lowest BCUT2D eigenvalue weighted by molar-refractivity contribution is -0.135. The second-order valence-corrected chi connectivity index (χ2v) is 12.7. The minimum absolute atomic E-state index is 0.177. The van der Waals surface area contributed by atoms with Gasteiger partial charge in [-0.3, -0.25) is 19.2 Å². The van der Waals surface area contributed by atoms with Crippen molar-refractivity contribution >= 4 is 40.3 Å². The number of likely N-dealkylation sites (tertiary alicyclic amines) is 2. The van der Waals surface area contributed by atoms with E-state index < -0.39 is 11.9 Å². The molecule has 0 spiro atoms. The standard InChI is InChI=1S/C37H38ClN3O6/c1-46-28-13-14-33-30(21-28)32(42)22-34(47-33)36(44)39-31(20-24-9-11-27(38)12-10-24)37(45)40-18-15-25(16-19-40)29-7-3-2-6-26(29)23-41-17-5-4-8-35(41)43/h2-3,6-7,9-14,21-22,25,31H,4-5,8,15-20,23H2,1H3,(H,39,44). The van der Waals surface area contributed by atoms with Crippen molar-refractivity contribution in [1.82, 2.24) is 15.1 Å².